The molecular weight excluding hydrogens is 324 g/mol. The van der Waals surface area contributed by atoms with E-state index in [4.69, 9.17) is 4.74 Å². The maximum absolute atomic E-state index is 11.6. The molecule has 0 spiro atoms. The van der Waals surface area contributed by atoms with E-state index in [9.17, 15) is 9.59 Å². The highest BCUT2D eigenvalue weighted by Crippen LogP contribution is 2.13. The lowest BCUT2D eigenvalue weighted by molar-refractivity contribution is -0.119. The Morgan fingerprint density at radius 1 is 1.10 bits per heavy atom. The van der Waals surface area contributed by atoms with Crippen molar-refractivity contribution in [3.05, 3.63) is 58.8 Å². The summed E-state index contributed by atoms with van der Waals surface area (Å²) in [6.07, 6.45) is 2.97. The molecule has 0 aliphatic rings. The van der Waals surface area contributed by atoms with Gasteiger partial charge in [-0.05, 0) is 36.4 Å². The zero-order valence-corrected chi connectivity index (χ0v) is 12.0. The van der Waals surface area contributed by atoms with Crippen LogP contribution < -0.4 is 5.32 Å². The van der Waals surface area contributed by atoms with Crippen molar-refractivity contribution in [1.82, 2.24) is 4.98 Å². The molecule has 2 rings (SSSR count). The maximum Gasteiger partial charge on any atom is 0.338 e. The topological polar surface area (TPSA) is 68.3 Å². The number of halogens is 1. The van der Waals surface area contributed by atoms with Crippen LogP contribution in [0.15, 0.2) is 53.3 Å². The van der Waals surface area contributed by atoms with Crippen LogP contribution in [-0.4, -0.2) is 23.5 Å². The Labute approximate surface area is 124 Å². The summed E-state index contributed by atoms with van der Waals surface area (Å²) in [7, 11) is 0. The molecule has 20 heavy (non-hydrogen) atoms. The van der Waals surface area contributed by atoms with Gasteiger partial charge in [0.1, 0.15) is 0 Å². The molecule has 1 aromatic carbocycles. The van der Waals surface area contributed by atoms with Crippen LogP contribution in [0.4, 0.5) is 5.69 Å². The van der Waals surface area contributed by atoms with Crippen LogP contribution in [-0.2, 0) is 9.53 Å². The van der Waals surface area contributed by atoms with Gasteiger partial charge in [0, 0.05) is 22.6 Å². The quantitative estimate of drug-likeness (QED) is 0.872. The summed E-state index contributed by atoms with van der Waals surface area (Å²) >= 11 is 3.30. The third-order valence-electron chi connectivity index (χ3n) is 2.38. The number of anilines is 1. The number of rotatable bonds is 4. The summed E-state index contributed by atoms with van der Waals surface area (Å²) in [6.45, 7) is -0.336. The highest BCUT2D eigenvalue weighted by Gasteiger charge is 2.09. The van der Waals surface area contributed by atoms with Gasteiger partial charge in [-0.3, -0.25) is 9.78 Å². The fraction of sp³-hybridized carbons (Fsp3) is 0.0714. The Morgan fingerprint density at radius 3 is 2.40 bits per heavy atom. The number of hydrogen-bond donors (Lipinski definition) is 1. The van der Waals surface area contributed by atoms with Gasteiger partial charge in [0.2, 0.25) is 0 Å². The van der Waals surface area contributed by atoms with E-state index in [0.717, 1.165) is 4.47 Å². The molecule has 2 aromatic rings. The minimum Gasteiger partial charge on any atom is -0.452 e. The van der Waals surface area contributed by atoms with E-state index < -0.39 is 11.9 Å². The summed E-state index contributed by atoms with van der Waals surface area (Å²) < 4.78 is 5.81. The number of carbonyl (C=O) groups excluding carboxylic acids is 2. The molecule has 0 saturated carbocycles. The summed E-state index contributed by atoms with van der Waals surface area (Å²) in [5.41, 5.74) is 0.995. The van der Waals surface area contributed by atoms with E-state index in [1.807, 2.05) is 0 Å². The second-order valence-corrected chi connectivity index (χ2v) is 4.78. The number of aromatic nitrogens is 1. The predicted molar refractivity (Wildman–Crippen MR) is 77.3 cm³/mol. The molecule has 0 unspecified atom stereocenters. The van der Waals surface area contributed by atoms with E-state index in [0.29, 0.717) is 11.3 Å². The highest BCUT2D eigenvalue weighted by atomic mass is 79.9. The molecule has 0 aliphatic carbocycles. The van der Waals surface area contributed by atoms with Gasteiger partial charge in [-0.15, -0.1) is 0 Å². The molecule has 0 saturated heterocycles. The van der Waals surface area contributed by atoms with E-state index in [2.05, 4.69) is 26.2 Å². The van der Waals surface area contributed by atoms with Gasteiger partial charge < -0.3 is 10.1 Å². The van der Waals surface area contributed by atoms with Crippen LogP contribution in [0.25, 0.3) is 0 Å². The first-order valence-corrected chi connectivity index (χ1v) is 6.57. The first kappa shape index (κ1) is 14.2. The summed E-state index contributed by atoms with van der Waals surface area (Å²) in [5.74, 6) is -0.951. The van der Waals surface area contributed by atoms with Crippen molar-refractivity contribution in [3.8, 4) is 0 Å². The third kappa shape index (κ3) is 4.17. The Balaban J connectivity index is 1.83. The SMILES string of the molecule is O=C(COC(=O)c1ccncc1)Nc1ccc(Br)cc1. The molecule has 1 heterocycles. The van der Waals surface area contributed by atoms with Crippen molar-refractivity contribution in [2.24, 2.45) is 0 Å². The molecule has 1 N–H and O–H groups in total. The van der Waals surface area contributed by atoms with Crippen molar-refractivity contribution in [1.29, 1.82) is 0 Å². The van der Waals surface area contributed by atoms with Crippen molar-refractivity contribution >= 4 is 33.5 Å². The van der Waals surface area contributed by atoms with Gasteiger partial charge in [-0.25, -0.2) is 4.79 Å². The molecule has 6 heteroatoms. The molecule has 0 atom stereocenters. The zero-order valence-electron chi connectivity index (χ0n) is 10.4. The van der Waals surface area contributed by atoms with Gasteiger partial charge in [-0.2, -0.15) is 0 Å². The molecule has 0 radical (unpaired) electrons. The molecule has 1 amide bonds. The minimum absolute atomic E-state index is 0.336. The predicted octanol–water partition coefficient (Wildman–Crippen LogP) is 2.64. The Hall–Kier alpha value is -2.21. The van der Waals surface area contributed by atoms with E-state index in [1.165, 1.54) is 24.5 Å². The Morgan fingerprint density at radius 2 is 1.75 bits per heavy atom. The first-order chi connectivity index (χ1) is 9.65. The van der Waals surface area contributed by atoms with Gasteiger partial charge in [-0.1, -0.05) is 15.9 Å². The molecular formula is C14H11BrN2O3. The van der Waals surface area contributed by atoms with Crippen molar-refractivity contribution < 1.29 is 14.3 Å². The van der Waals surface area contributed by atoms with E-state index >= 15 is 0 Å². The first-order valence-electron chi connectivity index (χ1n) is 5.78. The number of amides is 1. The van der Waals surface area contributed by atoms with Crippen LogP contribution in [0.2, 0.25) is 0 Å². The number of carbonyl (C=O) groups is 2. The second kappa shape index (κ2) is 6.81. The number of benzene rings is 1. The molecule has 0 bridgehead atoms. The largest absolute Gasteiger partial charge is 0.452 e. The number of ether oxygens (including phenoxy) is 1. The lowest BCUT2D eigenvalue weighted by Crippen LogP contribution is -2.20. The van der Waals surface area contributed by atoms with Gasteiger partial charge in [0.05, 0.1) is 5.56 Å². The smallest absolute Gasteiger partial charge is 0.338 e. The van der Waals surface area contributed by atoms with Gasteiger partial charge >= 0.3 is 5.97 Å². The van der Waals surface area contributed by atoms with E-state index in [1.54, 1.807) is 24.3 Å². The fourth-order valence-corrected chi connectivity index (χ4v) is 1.70. The Kier molecular flexibility index (Phi) is 4.84. The average Bonchev–Trinajstić information content (AvgIpc) is 2.48. The van der Waals surface area contributed by atoms with Crippen molar-refractivity contribution in [3.63, 3.8) is 0 Å². The van der Waals surface area contributed by atoms with Crippen molar-refractivity contribution in [2.45, 2.75) is 0 Å². The molecule has 102 valence electrons. The molecule has 0 aliphatic heterocycles. The zero-order chi connectivity index (χ0) is 14.4. The van der Waals surface area contributed by atoms with E-state index in [-0.39, 0.29) is 6.61 Å². The highest BCUT2D eigenvalue weighted by molar-refractivity contribution is 9.10. The minimum atomic E-state index is -0.557. The standard InChI is InChI=1S/C14H11BrN2O3/c15-11-1-3-12(4-2-11)17-13(18)9-20-14(19)10-5-7-16-8-6-10/h1-8H,9H2,(H,17,18). The van der Waals surface area contributed by atoms with Gasteiger partial charge in [0.25, 0.3) is 5.91 Å². The monoisotopic (exact) mass is 334 g/mol. The van der Waals surface area contributed by atoms with Crippen molar-refractivity contribution in [2.75, 3.05) is 11.9 Å². The van der Waals surface area contributed by atoms with Crippen LogP contribution in [0.1, 0.15) is 10.4 Å². The third-order valence-corrected chi connectivity index (χ3v) is 2.91. The van der Waals surface area contributed by atoms with Crippen LogP contribution in [0.5, 0.6) is 0 Å². The molecule has 1 aromatic heterocycles. The number of hydrogen-bond acceptors (Lipinski definition) is 4. The second-order valence-electron chi connectivity index (χ2n) is 3.87. The number of nitrogens with one attached hydrogen (secondary N) is 1. The lowest BCUT2D eigenvalue weighted by Gasteiger charge is -2.06. The maximum atomic E-state index is 11.6. The number of esters is 1. The summed E-state index contributed by atoms with van der Waals surface area (Å²) in [4.78, 5) is 27.0. The number of nitrogens with zero attached hydrogens (tertiary/aromatic N) is 1. The van der Waals surface area contributed by atoms with Crippen LogP contribution >= 0.6 is 15.9 Å². The summed E-state index contributed by atoms with van der Waals surface area (Å²) in [6, 6.07) is 10.1. The van der Waals surface area contributed by atoms with Crippen LogP contribution in [0.3, 0.4) is 0 Å². The lowest BCUT2D eigenvalue weighted by atomic mass is 10.3. The average molecular weight is 335 g/mol. The molecule has 0 fully saturated rings. The van der Waals surface area contributed by atoms with Crippen LogP contribution in [0, 0.1) is 0 Å². The molecule has 5 nitrogen and oxygen atoms in total. The number of pyridine rings is 1. The fourth-order valence-electron chi connectivity index (χ4n) is 1.43. The normalized spacial score (nSPS) is 9.85. The summed E-state index contributed by atoms with van der Waals surface area (Å²) in [5, 5.41) is 2.63. The van der Waals surface area contributed by atoms with Gasteiger partial charge in [0.15, 0.2) is 6.61 Å². The Bertz CT molecular complexity index is 600.